The lowest BCUT2D eigenvalue weighted by Crippen LogP contribution is -2.31. The molecule has 0 aliphatic carbocycles. The third-order valence-corrected chi connectivity index (χ3v) is 4.74. The Kier molecular flexibility index (Phi) is 4.57. The topological polar surface area (TPSA) is 45.2 Å². The first-order chi connectivity index (χ1) is 12.3. The van der Waals surface area contributed by atoms with Crippen LogP contribution in [0.5, 0.6) is 0 Å². The van der Waals surface area contributed by atoms with Crippen molar-refractivity contribution in [1.82, 2.24) is 20.1 Å². The number of pyridine rings is 1. The average molecular weight is 333 g/mol. The molecule has 1 aliphatic rings. The number of hydrogen-bond donors (Lipinski definition) is 0. The Labute approximate surface area is 148 Å². The van der Waals surface area contributed by atoms with Crippen LogP contribution in [-0.2, 0) is 6.54 Å². The maximum absolute atomic E-state index is 4.81. The first kappa shape index (κ1) is 16.0. The molecular weight excluding hydrogens is 310 g/mol. The Balaban J connectivity index is 1.42. The largest absolute Gasteiger partial charge is 0.354 e. The van der Waals surface area contributed by atoms with E-state index in [4.69, 9.17) is 4.98 Å². The van der Waals surface area contributed by atoms with Crippen LogP contribution < -0.4 is 4.90 Å². The Hall–Kier alpha value is -2.53. The van der Waals surface area contributed by atoms with Crippen LogP contribution in [0.3, 0.4) is 0 Å². The fourth-order valence-corrected chi connectivity index (χ4v) is 3.34. The van der Waals surface area contributed by atoms with E-state index in [1.54, 1.807) is 0 Å². The molecule has 5 nitrogen and oxygen atoms in total. The van der Waals surface area contributed by atoms with Crippen molar-refractivity contribution in [3.8, 4) is 0 Å². The van der Waals surface area contributed by atoms with Crippen LogP contribution in [0.4, 0.5) is 5.82 Å². The summed E-state index contributed by atoms with van der Waals surface area (Å²) in [6.07, 6.45) is 1.13. The van der Waals surface area contributed by atoms with Gasteiger partial charge in [0.25, 0.3) is 0 Å². The van der Waals surface area contributed by atoms with Gasteiger partial charge >= 0.3 is 0 Å². The highest BCUT2D eigenvalue weighted by atomic mass is 15.3. The van der Waals surface area contributed by atoms with Gasteiger partial charge in [0.15, 0.2) is 5.82 Å². The van der Waals surface area contributed by atoms with Crippen LogP contribution in [0.2, 0.25) is 0 Å². The summed E-state index contributed by atoms with van der Waals surface area (Å²) in [5.41, 5.74) is 3.18. The molecule has 0 bridgehead atoms. The van der Waals surface area contributed by atoms with Gasteiger partial charge < -0.3 is 4.90 Å². The van der Waals surface area contributed by atoms with Gasteiger partial charge in [-0.25, -0.2) is 0 Å². The van der Waals surface area contributed by atoms with Crippen molar-refractivity contribution in [2.75, 3.05) is 31.1 Å². The van der Waals surface area contributed by atoms with Crippen LogP contribution in [-0.4, -0.2) is 46.3 Å². The number of aromatic nitrogens is 3. The van der Waals surface area contributed by atoms with Crippen molar-refractivity contribution in [2.24, 2.45) is 0 Å². The minimum absolute atomic E-state index is 0.901. The number of nitrogens with zero attached hydrogens (tertiary/aromatic N) is 5. The summed E-state index contributed by atoms with van der Waals surface area (Å²) in [7, 11) is 0. The van der Waals surface area contributed by atoms with Crippen molar-refractivity contribution in [1.29, 1.82) is 0 Å². The summed E-state index contributed by atoms with van der Waals surface area (Å²) in [5, 5.41) is 9.72. The van der Waals surface area contributed by atoms with Gasteiger partial charge in [-0.05, 0) is 37.6 Å². The van der Waals surface area contributed by atoms with E-state index in [1.807, 2.05) is 19.1 Å². The van der Waals surface area contributed by atoms with Gasteiger partial charge in [-0.2, -0.15) is 5.10 Å². The monoisotopic (exact) mass is 333 g/mol. The third-order valence-electron chi connectivity index (χ3n) is 4.74. The molecule has 25 heavy (non-hydrogen) atoms. The maximum Gasteiger partial charge on any atom is 0.151 e. The Bertz CT molecular complexity index is 846. The highest BCUT2D eigenvalue weighted by Crippen LogP contribution is 2.16. The summed E-state index contributed by atoms with van der Waals surface area (Å²) >= 11 is 0. The number of anilines is 1. The van der Waals surface area contributed by atoms with Crippen molar-refractivity contribution in [2.45, 2.75) is 19.9 Å². The van der Waals surface area contributed by atoms with Gasteiger partial charge in [0.05, 0.1) is 16.9 Å². The molecule has 0 N–H and O–H groups in total. The molecule has 2 aromatic heterocycles. The van der Waals surface area contributed by atoms with Gasteiger partial charge in [-0.1, -0.05) is 24.3 Å². The molecule has 1 aliphatic heterocycles. The van der Waals surface area contributed by atoms with Crippen LogP contribution in [0.25, 0.3) is 10.9 Å². The highest BCUT2D eigenvalue weighted by Gasteiger charge is 2.17. The molecule has 5 heteroatoms. The molecule has 1 saturated heterocycles. The first-order valence-electron chi connectivity index (χ1n) is 8.90. The molecular formula is C20H23N5. The second-order valence-corrected chi connectivity index (χ2v) is 6.64. The molecule has 0 saturated carbocycles. The minimum atomic E-state index is 0.901. The SMILES string of the molecule is Cc1ccc(N2CCCN(Cc3ccc4ccccc4n3)CC2)nn1. The number of benzene rings is 1. The van der Waals surface area contributed by atoms with Gasteiger partial charge in [-0.3, -0.25) is 9.88 Å². The zero-order chi connectivity index (χ0) is 17.1. The van der Waals surface area contributed by atoms with Crippen LogP contribution in [0.15, 0.2) is 48.5 Å². The van der Waals surface area contributed by atoms with Gasteiger partial charge in [0.2, 0.25) is 0 Å². The maximum atomic E-state index is 4.81. The summed E-state index contributed by atoms with van der Waals surface area (Å²) in [4.78, 5) is 9.63. The minimum Gasteiger partial charge on any atom is -0.354 e. The van der Waals surface area contributed by atoms with E-state index in [0.717, 1.165) is 61.9 Å². The molecule has 0 atom stereocenters. The lowest BCUT2D eigenvalue weighted by molar-refractivity contribution is 0.282. The molecule has 0 radical (unpaired) electrons. The third kappa shape index (κ3) is 3.77. The van der Waals surface area contributed by atoms with E-state index in [2.05, 4.69) is 56.4 Å². The van der Waals surface area contributed by atoms with Gasteiger partial charge in [0, 0.05) is 38.1 Å². The molecule has 1 aromatic carbocycles. The highest BCUT2D eigenvalue weighted by molar-refractivity contribution is 5.78. The van der Waals surface area contributed by atoms with Crippen LogP contribution in [0.1, 0.15) is 17.8 Å². The fraction of sp³-hybridized carbons (Fsp3) is 0.350. The van der Waals surface area contributed by atoms with Gasteiger partial charge in [-0.15, -0.1) is 5.10 Å². The molecule has 1 fully saturated rings. The molecule has 0 unspecified atom stereocenters. The Morgan fingerprint density at radius 1 is 0.880 bits per heavy atom. The van der Waals surface area contributed by atoms with Gasteiger partial charge in [0.1, 0.15) is 0 Å². The van der Waals surface area contributed by atoms with E-state index < -0.39 is 0 Å². The summed E-state index contributed by atoms with van der Waals surface area (Å²) < 4.78 is 0. The van der Waals surface area contributed by atoms with Crippen molar-refractivity contribution in [3.05, 3.63) is 59.9 Å². The smallest absolute Gasteiger partial charge is 0.151 e. The predicted octanol–water partition coefficient (Wildman–Crippen LogP) is 3.05. The normalized spacial score (nSPS) is 16.1. The van der Waals surface area contributed by atoms with E-state index in [1.165, 1.54) is 5.39 Å². The number of aryl methyl sites for hydroxylation is 1. The van der Waals surface area contributed by atoms with Crippen molar-refractivity contribution < 1.29 is 0 Å². The molecule has 128 valence electrons. The molecule has 0 amide bonds. The van der Waals surface area contributed by atoms with Crippen LogP contribution >= 0.6 is 0 Å². The standard InChI is InChI=1S/C20H23N5/c1-16-7-10-20(23-22-16)25-12-4-11-24(13-14-25)15-18-9-8-17-5-2-3-6-19(17)21-18/h2-3,5-10H,4,11-15H2,1H3. The Morgan fingerprint density at radius 3 is 2.68 bits per heavy atom. The zero-order valence-electron chi connectivity index (χ0n) is 14.6. The summed E-state index contributed by atoms with van der Waals surface area (Å²) in [6.45, 7) is 6.98. The molecule has 3 heterocycles. The molecule has 4 rings (SSSR count). The van der Waals surface area contributed by atoms with E-state index in [0.29, 0.717) is 0 Å². The van der Waals surface area contributed by atoms with Crippen molar-refractivity contribution in [3.63, 3.8) is 0 Å². The second kappa shape index (κ2) is 7.15. The number of fused-ring (bicyclic) bond motifs is 1. The molecule has 0 spiro atoms. The lowest BCUT2D eigenvalue weighted by Gasteiger charge is -2.22. The molecule has 3 aromatic rings. The second-order valence-electron chi connectivity index (χ2n) is 6.64. The zero-order valence-corrected chi connectivity index (χ0v) is 14.6. The van der Waals surface area contributed by atoms with E-state index >= 15 is 0 Å². The summed E-state index contributed by atoms with van der Waals surface area (Å²) in [5.74, 6) is 0.983. The average Bonchev–Trinajstić information content (AvgIpc) is 2.88. The lowest BCUT2D eigenvalue weighted by atomic mass is 10.2. The number of rotatable bonds is 3. The first-order valence-corrected chi connectivity index (χ1v) is 8.90. The Morgan fingerprint density at radius 2 is 1.80 bits per heavy atom. The number of hydrogen-bond acceptors (Lipinski definition) is 5. The van der Waals surface area contributed by atoms with E-state index in [9.17, 15) is 0 Å². The van der Waals surface area contributed by atoms with Crippen LogP contribution in [0, 0.1) is 6.92 Å². The van der Waals surface area contributed by atoms with E-state index in [-0.39, 0.29) is 0 Å². The fourth-order valence-electron chi connectivity index (χ4n) is 3.34. The predicted molar refractivity (Wildman–Crippen MR) is 101 cm³/mol. The van der Waals surface area contributed by atoms with Crippen molar-refractivity contribution >= 4 is 16.7 Å². The quantitative estimate of drug-likeness (QED) is 0.737. The summed E-state index contributed by atoms with van der Waals surface area (Å²) in [6, 6.07) is 16.7. The number of para-hydroxylation sites is 1.